The third-order valence-corrected chi connectivity index (χ3v) is 7.42. The highest BCUT2D eigenvalue weighted by atomic mass is 27.2. The van der Waals surface area contributed by atoms with Gasteiger partial charge in [0.2, 0.25) is 0 Å². The molecule has 0 spiro atoms. The van der Waals surface area contributed by atoms with Gasteiger partial charge in [0.15, 0.2) is 0 Å². The fourth-order valence-electron chi connectivity index (χ4n) is 3.33. The van der Waals surface area contributed by atoms with E-state index >= 15 is 0 Å². The summed E-state index contributed by atoms with van der Waals surface area (Å²) in [5.74, 6) is 4.92. The van der Waals surface area contributed by atoms with Crippen LogP contribution in [0.15, 0.2) is 46.0 Å². The van der Waals surface area contributed by atoms with Crippen LogP contribution in [0.1, 0.15) is 40.5 Å². The molecule has 102 valence electrons. The van der Waals surface area contributed by atoms with Crippen LogP contribution in [0, 0.1) is 10.8 Å². The molecule has 0 nitrogen and oxygen atoms in total. The van der Waals surface area contributed by atoms with Gasteiger partial charge in [-0.3, -0.25) is 0 Å². The lowest BCUT2D eigenvalue weighted by molar-refractivity contribution is 0.201. The molecule has 0 bridgehead atoms. The highest BCUT2D eigenvalue weighted by Gasteiger charge is 2.43. The van der Waals surface area contributed by atoms with Gasteiger partial charge in [0.25, 0.3) is 14.1 Å². The van der Waals surface area contributed by atoms with Crippen molar-refractivity contribution in [2.24, 2.45) is 10.8 Å². The lowest BCUT2D eigenvalue weighted by Gasteiger charge is -2.45. The largest absolute Gasteiger partial charge is 0.293 e. The van der Waals surface area contributed by atoms with E-state index in [1.54, 1.807) is 15.6 Å². The number of allylic oxidation sites excluding steroid dienone is 8. The predicted octanol–water partition coefficient (Wildman–Crippen LogP) is 5.48. The summed E-state index contributed by atoms with van der Waals surface area (Å²) in [7, 11) is 0. The summed E-state index contributed by atoms with van der Waals surface area (Å²) in [5.41, 5.74) is 3.64. The summed E-state index contributed by atoms with van der Waals surface area (Å²) < 4.78 is 1.77. The highest BCUT2D eigenvalue weighted by molar-refractivity contribution is 6.64. The molecule has 0 aromatic rings. The van der Waals surface area contributed by atoms with Gasteiger partial charge in [-0.1, -0.05) is 69.2 Å². The maximum Gasteiger partial charge on any atom is 0.293 e. The van der Waals surface area contributed by atoms with Crippen molar-refractivity contribution in [3.8, 4) is 0 Å². The van der Waals surface area contributed by atoms with E-state index in [1.807, 2.05) is 0 Å². The Hall–Kier alpha value is -0.508. The predicted molar refractivity (Wildman–Crippen MR) is 87.7 cm³/mol. The van der Waals surface area contributed by atoms with Crippen LogP contribution >= 0.6 is 0 Å². The minimum atomic E-state index is -0.704. The molecule has 0 N–H and O–H groups in total. The van der Waals surface area contributed by atoms with Gasteiger partial charge < -0.3 is 0 Å². The van der Waals surface area contributed by atoms with E-state index in [0.717, 1.165) is 6.42 Å². The molecule has 0 fully saturated rings. The van der Waals surface area contributed by atoms with Gasteiger partial charge in [0.1, 0.15) is 0 Å². The number of rotatable bonds is 4. The molecular weight excluding hydrogens is 243 g/mol. The lowest BCUT2D eigenvalue weighted by Crippen LogP contribution is -2.36. The maximum atomic E-state index is 2.46. The molecule has 0 unspecified atom stereocenters. The Balaban J connectivity index is 2.41. The summed E-state index contributed by atoms with van der Waals surface area (Å²) >= 11 is -0.704. The average Bonchev–Trinajstić information content (AvgIpc) is 3.00. The van der Waals surface area contributed by atoms with Crippen LogP contribution in [0.25, 0.3) is 0 Å². The van der Waals surface area contributed by atoms with Gasteiger partial charge in [-0.15, -0.1) is 16.0 Å². The normalized spacial score (nSPS) is 19.4. The quantitative estimate of drug-likeness (QED) is 0.594. The molecule has 0 aliphatic heterocycles. The zero-order chi connectivity index (χ0) is 14.3. The molecule has 0 atom stereocenters. The molecule has 2 aliphatic carbocycles. The molecule has 0 saturated carbocycles. The van der Waals surface area contributed by atoms with Crippen LogP contribution in [-0.2, 0) is 0 Å². The van der Waals surface area contributed by atoms with E-state index in [9.17, 15) is 0 Å². The highest BCUT2D eigenvalue weighted by Crippen LogP contribution is 2.53. The molecule has 19 heavy (non-hydrogen) atoms. The van der Waals surface area contributed by atoms with Crippen molar-refractivity contribution < 1.29 is 0 Å². The monoisotopic (exact) mass is 270 g/mol. The van der Waals surface area contributed by atoms with Gasteiger partial charge in [0.05, 0.1) is 0 Å². The molecule has 0 radical (unpaired) electrons. The molecule has 2 rings (SSSR count). The first-order chi connectivity index (χ1) is 8.78. The molecule has 0 aromatic carbocycles. The van der Waals surface area contributed by atoms with E-state index in [1.165, 1.54) is 6.42 Å². The fraction of sp³-hybridized carbons (Fsp3) is 0.556. The summed E-state index contributed by atoms with van der Waals surface area (Å²) in [6.07, 6.45) is 13.9. The molecule has 0 amide bonds. The fourth-order valence-corrected chi connectivity index (χ4v) is 5.01. The standard InChI is InChI=1S/C16H21.2CH3.Al/c1-15(2,13-9-5-6-10-13)16(3,4)14-11-7-8-12-14;;;/h5-7,9,11H,8,10H2,1-4H3;2*1H3;. The van der Waals surface area contributed by atoms with Gasteiger partial charge in [-0.05, 0) is 23.7 Å². The number of hydrogen-bond donors (Lipinski definition) is 0. The third kappa shape index (κ3) is 2.44. The van der Waals surface area contributed by atoms with Gasteiger partial charge in [-0.2, -0.15) is 0 Å². The second-order valence-electron chi connectivity index (χ2n) is 7.27. The van der Waals surface area contributed by atoms with E-state index in [-0.39, 0.29) is 10.8 Å². The van der Waals surface area contributed by atoms with Crippen LogP contribution in [0.3, 0.4) is 0 Å². The Morgan fingerprint density at radius 1 is 0.947 bits per heavy atom. The summed E-state index contributed by atoms with van der Waals surface area (Å²) in [4.78, 5) is 0. The Morgan fingerprint density at radius 2 is 1.63 bits per heavy atom. The van der Waals surface area contributed by atoms with Crippen molar-refractivity contribution in [1.82, 2.24) is 0 Å². The van der Waals surface area contributed by atoms with Crippen molar-refractivity contribution in [3.63, 3.8) is 0 Å². The van der Waals surface area contributed by atoms with Crippen LogP contribution < -0.4 is 0 Å². The molecule has 0 heterocycles. The first-order valence-corrected chi connectivity index (χ1v) is 10.4. The minimum Gasteiger partial charge on any atom is -0.124 e. The zero-order valence-electron chi connectivity index (χ0n) is 13.4. The van der Waals surface area contributed by atoms with E-state index in [0.29, 0.717) is 0 Å². The molecule has 0 saturated heterocycles. The van der Waals surface area contributed by atoms with E-state index in [4.69, 9.17) is 0 Å². The molecular formula is C18H27Al. The Morgan fingerprint density at radius 3 is 2.16 bits per heavy atom. The second kappa shape index (κ2) is 5.12. The van der Waals surface area contributed by atoms with Crippen molar-refractivity contribution in [3.05, 3.63) is 46.0 Å². The van der Waals surface area contributed by atoms with Crippen LogP contribution in [0.5, 0.6) is 0 Å². The SMILES string of the molecule is [CH3][Al]([CH3])[C]1=C(C(C)(C)C(C)(C)C2=CC=CC2)C=CC1. The second-order valence-corrected chi connectivity index (χ2v) is 10.3. The smallest absolute Gasteiger partial charge is 0.124 e. The van der Waals surface area contributed by atoms with E-state index < -0.39 is 14.1 Å². The number of hydrogen-bond acceptors (Lipinski definition) is 0. The zero-order valence-corrected chi connectivity index (χ0v) is 14.5. The van der Waals surface area contributed by atoms with Crippen molar-refractivity contribution in [1.29, 1.82) is 0 Å². The molecule has 0 aromatic heterocycles. The van der Waals surface area contributed by atoms with Crippen molar-refractivity contribution in [2.45, 2.75) is 52.1 Å². The molecule has 1 heteroatoms. The van der Waals surface area contributed by atoms with Gasteiger partial charge in [-0.25, -0.2) is 0 Å². The van der Waals surface area contributed by atoms with Crippen LogP contribution in [0.4, 0.5) is 0 Å². The Bertz CT molecular complexity index is 482. The maximum absolute atomic E-state index is 2.46. The van der Waals surface area contributed by atoms with Gasteiger partial charge in [0, 0.05) is 0 Å². The average molecular weight is 270 g/mol. The minimum absolute atomic E-state index is 0.213. The third-order valence-electron chi connectivity index (χ3n) is 5.48. The van der Waals surface area contributed by atoms with Gasteiger partial charge >= 0.3 is 0 Å². The summed E-state index contributed by atoms with van der Waals surface area (Å²) in [5, 5.41) is 0. The Kier molecular flexibility index (Phi) is 4.01. The van der Waals surface area contributed by atoms with Crippen molar-refractivity contribution in [2.75, 3.05) is 0 Å². The summed E-state index contributed by atoms with van der Waals surface area (Å²) in [6, 6.07) is 0. The first-order valence-electron chi connectivity index (χ1n) is 7.54. The molecule has 2 aliphatic rings. The van der Waals surface area contributed by atoms with Crippen LogP contribution in [-0.4, -0.2) is 14.1 Å². The lowest BCUT2D eigenvalue weighted by atomic mass is 9.60. The van der Waals surface area contributed by atoms with Crippen LogP contribution in [0.2, 0.25) is 11.6 Å². The first kappa shape index (κ1) is 14.9. The Labute approximate surface area is 123 Å². The van der Waals surface area contributed by atoms with Crippen molar-refractivity contribution >= 4 is 14.1 Å². The summed E-state index contributed by atoms with van der Waals surface area (Å²) in [6.45, 7) is 9.72. The van der Waals surface area contributed by atoms with E-state index in [2.05, 4.69) is 69.6 Å². The topological polar surface area (TPSA) is 0 Å².